The molecule has 16 heavy (non-hydrogen) atoms. The number of benzene rings is 1. The number of amides is 2. The largest absolute Gasteiger partial charge is 0.508 e. The van der Waals surface area contributed by atoms with Crippen molar-refractivity contribution in [3.63, 3.8) is 0 Å². The van der Waals surface area contributed by atoms with Crippen LogP contribution >= 0.6 is 0 Å². The summed E-state index contributed by atoms with van der Waals surface area (Å²) in [4.78, 5) is 13.4. The minimum atomic E-state index is -0.158. The van der Waals surface area contributed by atoms with Gasteiger partial charge in [-0.3, -0.25) is 5.01 Å². The van der Waals surface area contributed by atoms with Crippen molar-refractivity contribution in [3.05, 3.63) is 29.8 Å². The normalized spacial score (nSPS) is 16.7. The second-order valence-electron chi connectivity index (χ2n) is 3.92. The van der Waals surface area contributed by atoms with Gasteiger partial charge >= 0.3 is 6.03 Å². The maximum absolute atomic E-state index is 11.7. The lowest BCUT2D eigenvalue weighted by Gasteiger charge is -2.32. The summed E-state index contributed by atoms with van der Waals surface area (Å²) in [6.45, 7) is 1.80. The van der Waals surface area contributed by atoms with Crippen LogP contribution in [0.5, 0.6) is 5.75 Å². The predicted octanol–water partition coefficient (Wildman–Crippen LogP) is 0.894. The van der Waals surface area contributed by atoms with Crippen LogP contribution in [-0.4, -0.2) is 34.1 Å². The van der Waals surface area contributed by atoms with E-state index in [2.05, 4.69) is 0 Å². The topological polar surface area (TPSA) is 69.8 Å². The molecule has 1 aliphatic rings. The Bertz CT molecular complexity index is 395. The summed E-state index contributed by atoms with van der Waals surface area (Å²) in [6.07, 6.45) is 0.876. The van der Waals surface area contributed by atoms with Crippen LogP contribution in [0.4, 0.5) is 4.79 Å². The molecule has 1 aromatic carbocycles. The van der Waals surface area contributed by atoms with Crippen molar-refractivity contribution in [1.82, 2.24) is 9.91 Å². The minimum absolute atomic E-state index is 0.158. The van der Waals surface area contributed by atoms with Gasteiger partial charge in [-0.15, -0.1) is 0 Å². The summed E-state index contributed by atoms with van der Waals surface area (Å²) in [7, 11) is 0. The van der Waals surface area contributed by atoms with Gasteiger partial charge in [0.2, 0.25) is 0 Å². The van der Waals surface area contributed by atoms with E-state index in [1.165, 1.54) is 5.01 Å². The first kappa shape index (κ1) is 10.8. The van der Waals surface area contributed by atoms with Crippen LogP contribution in [0.15, 0.2) is 24.3 Å². The molecule has 2 rings (SSSR count). The number of hydrogen-bond donors (Lipinski definition) is 2. The Morgan fingerprint density at radius 1 is 1.38 bits per heavy atom. The molecular formula is C11H15N3O2. The van der Waals surface area contributed by atoms with Gasteiger partial charge in [-0.1, -0.05) is 12.1 Å². The van der Waals surface area contributed by atoms with Gasteiger partial charge in [0, 0.05) is 19.6 Å². The molecule has 5 nitrogen and oxygen atoms in total. The summed E-state index contributed by atoms with van der Waals surface area (Å²) in [5.41, 5.74) is 0.906. The van der Waals surface area contributed by atoms with Crippen molar-refractivity contribution < 1.29 is 9.90 Å². The quantitative estimate of drug-likeness (QED) is 0.575. The van der Waals surface area contributed by atoms with Crippen molar-refractivity contribution in [3.8, 4) is 5.75 Å². The molecule has 2 amide bonds. The van der Waals surface area contributed by atoms with Gasteiger partial charge in [0.05, 0.1) is 0 Å². The van der Waals surface area contributed by atoms with Crippen LogP contribution in [0.3, 0.4) is 0 Å². The van der Waals surface area contributed by atoms with E-state index in [-0.39, 0.29) is 11.8 Å². The smallest absolute Gasteiger partial charge is 0.334 e. The zero-order valence-electron chi connectivity index (χ0n) is 8.97. The predicted molar refractivity (Wildman–Crippen MR) is 59.4 cm³/mol. The highest BCUT2D eigenvalue weighted by molar-refractivity contribution is 5.74. The van der Waals surface area contributed by atoms with Crippen molar-refractivity contribution in [2.75, 3.05) is 13.1 Å². The Kier molecular flexibility index (Phi) is 2.96. The fourth-order valence-electron chi connectivity index (χ4n) is 1.83. The fraction of sp³-hybridized carbons (Fsp3) is 0.364. The second kappa shape index (κ2) is 4.40. The molecule has 0 unspecified atom stereocenters. The number of hydrogen-bond acceptors (Lipinski definition) is 3. The zero-order chi connectivity index (χ0) is 11.5. The molecule has 1 aromatic rings. The Balaban J connectivity index is 2.06. The Morgan fingerprint density at radius 2 is 2.19 bits per heavy atom. The third kappa shape index (κ3) is 2.25. The number of nitrogens with two attached hydrogens (primary N) is 1. The maximum Gasteiger partial charge on any atom is 0.334 e. The van der Waals surface area contributed by atoms with E-state index in [0.29, 0.717) is 19.6 Å². The van der Waals surface area contributed by atoms with Crippen LogP contribution in [0.1, 0.15) is 12.0 Å². The summed E-state index contributed by atoms with van der Waals surface area (Å²) in [5.74, 6) is 5.76. The number of nitrogens with zero attached hydrogens (tertiary/aromatic N) is 2. The third-order valence-electron chi connectivity index (χ3n) is 2.63. The van der Waals surface area contributed by atoms with Crippen molar-refractivity contribution in [2.45, 2.75) is 13.0 Å². The van der Waals surface area contributed by atoms with Gasteiger partial charge in [0.25, 0.3) is 0 Å². The van der Waals surface area contributed by atoms with Gasteiger partial charge in [0.15, 0.2) is 0 Å². The molecule has 0 atom stereocenters. The van der Waals surface area contributed by atoms with E-state index in [4.69, 9.17) is 5.84 Å². The first-order chi connectivity index (χ1) is 7.66. The summed E-state index contributed by atoms with van der Waals surface area (Å²) >= 11 is 0. The van der Waals surface area contributed by atoms with Crippen molar-refractivity contribution in [1.29, 1.82) is 0 Å². The highest BCUT2D eigenvalue weighted by Gasteiger charge is 2.23. The van der Waals surface area contributed by atoms with E-state index in [1.807, 2.05) is 6.07 Å². The molecule has 1 aliphatic heterocycles. The van der Waals surface area contributed by atoms with Gasteiger partial charge in [-0.05, 0) is 24.1 Å². The maximum atomic E-state index is 11.7. The van der Waals surface area contributed by atoms with E-state index in [1.54, 1.807) is 23.1 Å². The Labute approximate surface area is 94.0 Å². The highest BCUT2D eigenvalue weighted by atomic mass is 16.3. The monoisotopic (exact) mass is 221 g/mol. The molecule has 3 N–H and O–H groups in total. The molecule has 0 aromatic heterocycles. The number of phenolic OH excluding ortho intramolecular Hbond substituents is 1. The molecule has 0 radical (unpaired) electrons. The molecule has 5 heteroatoms. The Morgan fingerprint density at radius 3 is 2.94 bits per heavy atom. The van der Waals surface area contributed by atoms with Gasteiger partial charge < -0.3 is 10.0 Å². The molecule has 1 heterocycles. The number of phenols is 1. The summed E-state index contributed by atoms with van der Waals surface area (Å²) in [6, 6.07) is 6.75. The minimum Gasteiger partial charge on any atom is -0.508 e. The van der Waals surface area contributed by atoms with Crippen LogP contribution in [0, 0.1) is 0 Å². The van der Waals surface area contributed by atoms with E-state index >= 15 is 0 Å². The number of hydrazine groups is 1. The zero-order valence-corrected chi connectivity index (χ0v) is 8.97. The molecule has 1 fully saturated rings. The Hall–Kier alpha value is -1.75. The lowest BCUT2D eigenvalue weighted by atomic mass is 10.2. The lowest BCUT2D eigenvalue weighted by molar-refractivity contribution is 0.127. The average Bonchev–Trinajstić information content (AvgIpc) is 2.25. The van der Waals surface area contributed by atoms with E-state index in [9.17, 15) is 9.90 Å². The molecule has 0 aliphatic carbocycles. The van der Waals surface area contributed by atoms with Crippen LogP contribution in [-0.2, 0) is 6.54 Å². The average molecular weight is 221 g/mol. The molecule has 86 valence electrons. The van der Waals surface area contributed by atoms with Crippen LogP contribution in [0.25, 0.3) is 0 Å². The molecule has 1 saturated heterocycles. The lowest BCUT2D eigenvalue weighted by Crippen LogP contribution is -2.51. The second-order valence-corrected chi connectivity index (χ2v) is 3.92. The standard InChI is InChI=1S/C11H15N3O2/c12-14-6-2-5-13(11(14)16)8-9-3-1-4-10(15)7-9/h1,3-4,7,15H,2,5-6,8,12H2. The molecule has 0 bridgehead atoms. The summed E-state index contributed by atoms with van der Waals surface area (Å²) in [5, 5.41) is 10.6. The molecular weight excluding hydrogens is 206 g/mol. The number of carbonyl (C=O) groups excluding carboxylic acids is 1. The fourth-order valence-corrected chi connectivity index (χ4v) is 1.83. The van der Waals surface area contributed by atoms with Gasteiger partial charge in [0.1, 0.15) is 5.75 Å². The SMILES string of the molecule is NN1CCCN(Cc2cccc(O)c2)C1=O. The van der Waals surface area contributed by atoms with E-state index in [0.717, 1.165) is 12.0 Å². The number of urea groups is 1. The number of rotatable bonds is 2. The summed E-state index contributed by atoms with van der Waals surface area (Å²) < 4.78 is 0. The van der Waals surface area contributed by atoms with Gasteiger partial charge in [-0.25, -0.2) is 10.6 Å². The van der Waals surface area contributed by atoms with Crippen molar-refractivity contribution >= 4 is 6.03 Å². The van der Waals surface area contributed by atoms with Crippen molar-refractivity contribution in [2.24, 2.45) is 5.84 Å². The first-order valence-corrected chi connectivity index (χ1v) is 5.26. The molecule has 0 saturated carbocycles. The highest BCUT2D eigenvalue weighted by Crippen LogP contribution is 2.15. The first-order valence-electron chi connectivity index (χ1n) is 5.26. The van der Waals surface area contributed by atoms with E-state index < -0.39 is 0 Å². The van der Waals surface area contributed by atoms with Crippen LogP contribution in [0.2, 0.25) is 0 Å². The van der Waals surface area contributed by atoms with Gasteiger partial charge in [-0.2, -0.15) is 0 Å². The number of aromatic hydroxyl groups is 1. The number of carbonyl (C=O) groups is 1. The molecule has 0 spiro atoms. The van der Waals surface area contributed by atoms with Crippen LogP contribution < -0.4 is 5.84 Å². The third-order valence-corrected chi connectivity index (χ3v) is 2.63.